The summed E-state index contributed by atoms with van der Waals surface area (Å²) < 4.78 is 5.43. The lowest BCUT2D eigenvalue weighted by Crippen LogP contribution is -2.24. The summed E-state index contributed by atoms with van der Waals surface area (Å²) in [5, 5.41) is 14.5. The van der Waals surface area contributed by atoms with E-state index >= 15 is 0 Å². The van der Waals surface area contributed by atoms with E-state index in [9.17, 15) is 14.9 Å². The number of nitrogens with zero attached hydrogens (tertiary/aromatic N) is 2. The number of carbonyl (C=O) groups excluding carboxylic acids is 1. The Kier molecular flexibility index (Phi) is 7.03. The van der Waals surface area contributed by atoms with Crippen LogP contribution < -0.4 is 10.2 Å². The van der Waals surface area contributed by atoms with Crippen LogP contribution in [0.2, 0.25) is 0 Å². The van der Waals surface area contributed by atoms with Crippen molar-refractivity contribution >= 4 is 23.9 Å². The molecule has 7 nitrogen and oxygen atoms in total. The molecule has 0 fully saturated rings. The summed E-state index contributed by atoms with van der Waals surface area (Å²) in [4.78, 5) is 22.0. The van der Waals surface area contributed by atoms with E-state index in [1.807, 2.05) is 24.3 Å². The molecule has 1 N–H and O–H groups in total. The molecule has 0 aliphatic heterocycles. The Balaban J connectivity index is 1.77. The molecular weight excluding hydrogens is 358 g/mol. The van der Waals surface area contributed by atoms with Gasteiger partial charge in [0.05, 0.1) is 4.92 Å². The van der Waals surface area contributed by atoms with Crippen molar-refractivity contribution in [3.8, 4) is 5.75 Å². The van der Waals surface area contributed by atoms with Crippen LogP contribution >= 0.6 is 0 Å². The van der Waals surface area contributed by atoms with Crippen LogP contribution in [0.5, 0.6) is 5.75 Å². The maximum atomic E-state index is 11.7. The Hall–Kier alpha value is -3.48. The van der Waals surface area contributed by atoms with Gasteiger partial charge in [0.1, 0.15) is 5.75 Å². The van der Waals surface area contributed by atoms with Crippen molar-refractivity contribution < 1.29 is 14.5 Å². The lowest BCUT2D eigenvalue weighted by molar-refractivity contribution is -0.384. The number of rotatable bonds is 7. The normalized spacial score (nSPS) is 11.7. The first-order chi connectivity index (χ1) is 13.3. The van der Waals surface area contributed by atoms with Gasteiger partial charge in [0.25, 0.3) is 11.6 Å². The topological polar surface area (TPSA) is 93.8 Å². The number of amides is 1. The average molecular weight is 381 g/mol. The minimum atomic E-state index is -0.456. The predicted octanol–water partition coefficient (Wildman–Crippen LogP) is 4.09. The maximum Gasteiger partial charge on any atom is 0.277 e. The SMILES string of the molecule is CC(C)(C)c1ccc(OCC(=O)NN=CC=Cc2cccc([N+](=O)[O-])c2)cc1. The van der Waals surface area contributed by atoms with Crippen molar-refractivity contribution in [3.05, 3.63) is 75.8 Å². The molecule has 0 aliphatic rings. The zero-order chi connectivity index (χ0) is 20.6. The molecule has 1 amide bonds. The van der Waals surface area contributed by atoms with E-state index in [-0.39, 0.29) is 23.6 Å². The Morgan fingerprint density at radius 3 is 2.57 bits per heavy atom. The fraction of sp³-hybridized carbons (Fsp3) is 0.238. The first kappa shape index (κ1) is 20.8. The van der Waals surface area contributed by atoms with Gasteiger partial charge < -0.3 is 4.74 Å². The van der Waals surface area contributed by atoms with E-state index in [1.54, 1.807) is 24.3 Å². The zero-order valence-corrected chi connectivity index (χ0v) is 16.1. The first-order valence-corrected chi connectivity index (χ1v) is 8.72. The number of non-ortho nitro benzene ring substituents is 1. The Morgan fingerprint density at radius 1 is 1.21 bits per heavy atom. The van der Waals surface area contributed by atoms with E-state index in [4.69, 9.17) is 4.74 Å². The van der Waals surface area contributed by atoms with Crippen LogP contribution in [-0.4, -0.2) is 23.7 Å². The highest BCUT2D eigenvalue weighted by Crippen LogP contribution is 2.24. The smallest absolute Gasteiger partial charge is 0.277 e. The number of nitrogens with one attached hydrogen (secondary N) is 1. The van der Waals surface area contributed by atoms with Crippen molar-refractivity contribution in [3.63, 3.8) is 0 Å². The van der Waals surface area contributed by atoms with Gasteiger partial charge in [0.2, 0.25) is 0 Å². The maximum absolute atomic E-state index is 11.7. The fourth-order valence-corrected chi connectivity index (χ4v) is 2.28. The molecule has 0 aliphatic carbocycles. The monoisotopic (exact) mass is 381 g/mol. The molecule has 0 saturated heterocycles. The second kappa shape index (κ2) is 9.45. The minimum Gasteiger partial charge on any atom is -0.484 e. The summed E-state index contributed by atoms with van der Waals surface area (Å²) in [5.74, 6) is 0.220. The van der Waals surface area contributed by atoms with Crippen molar-refractivity contribution in [1.82, 2.24) is 5.43 Å². The molecule has 0 atom stereocenters. The molecular formula is C21H23N3O4. The largest absolute Gasteiger partial charge is 0.484 e. The number of hydrogen-bond donors (Lipinski definition) is 1. The van der Waals surface area contributed by atoms with Gasteiger partial charge in [-0.15, -0.1) is 0 Å². The van der Waals surface area contributed by atoms with Gasteiger partial charge in [-0.1, -0.05) is 51.1 Å². The van der Waals surface area contributed by atoms with Gasteiger partial charge in [-0.05, 0) is 34.8 Å². The van der Waals surface area contributed by atoms with Gasteiger partial charge in [-0.25, -0.2) is 5.43 Å². The van der Waals surface area contributed by atoms with Crippen molar-refractivity contribution in [2.75, 3.05) is 6.61 Å². The van der Waals surface area contributed by atoms with E-state index in [2.05, 4.69) is 31.3 Å². The minimum absolute atomic E-state index is 0.0140. The molecule has 0 radical (unpaired) electrons. The van der Waals surface area contributed by atoms with Crippen LogP contribution in [-0.2, 0) is 10.2 Å². The molecule has 7 heteroatoms. The molecule has 0 heterocycles. The molecule has 2 aromatic rings. The summed E-state index contributed by atoms with van der Waals surface area (Å²) in [5.41, 5.74) is 4.27. The molecule has 0 unspecified atom stereocenters. The van der Waals surface area contributed by atoms with E-state index in [1.165, 1.54) is 23.9 Å². The molecule has 28 heavy (non-hydrogen) atoms. The van der Waals surface area contributed by atoms with Gasteiger partial charge in [-0.3, -0.25) is 14.9 Å². The third-order valence-electron chi connectivity index (χ3n) is 3.81. The zero-order valence-electron chi connectivity index (χ0n) is 16.1. The molecule has 0 spiro atoms. The highest BCUT2D eigenvalue weighted by molar-refractivity contribution is 5.82. The lowest BCUT2D eigenvalue weighted by atomic mass is 9.87. The van der Waals surface area contributed by atoms with E-state index in [0.29, 0.717) is 11.3 Å². The Morgan fingerprint density at radius 2 is 1.93 bits per heavy atom. The highest BCUT2D eigenvalue weighted by Gasteiger charge is 2.13. The third kappa shape index (κ3) is 6.68. The summed E-state index contributed by atoms with van der Waals surface area (Å²) in [6.45, 7) is 6.23. The quantitative estimate of drug-likeness (QED) is 0.444. The van der Waals surface area contributed by atoms with Crippen molar-refractivity contribution in [1.29, 1.82) is 0 Å². The van der Waals surface area contributed by atoms with Crippen LogP contribution in [0.25, 0.3) is 6.08 Å². The van der Waals surface area contributed by atoms with E-state index in [0.717, 1.165) is 0 Å². The molecule has 0 saturated carbocycles. The molecule has 2 rings (SSSR count). The van der Waals surface area contributed by atoms with Crippen LogP contribution in [0.15, 0.2) is 59.7 Å². The second-order valence-electron chi connectivity index (χ2n) is 7.09. The summed E-state index contributed by atoms with van der Waals surface area (Å²) in [7, 11) is 0. The molecule has 0 bridgehead atoms. The Labute approximate surface area is 163 Å². The number of hydrogen-bond acceptors (Lipinski definition) is 5. The second-order valence-corrected chi connectivity index (χ2v) is 7.09. The average Bonchev–Trinajstić information content (AvgIpc) is 2.66. The standard InChI is InChI=1S/C21H23N3O4/c1-21(2,3)17-9-11-19(12-10-17)28-15-20(25)23-22-13-5-7-16-6-4-8-18(14-16)24(26)27/h4-14H,15H2,1-3H3,(H,23,25). The number of nitro groups is 1. The molecule has 146 valence electrons. The van der Waals surface area contributed by atoms with Gasteiger partial charge in [0, 0.05) is 18.3 Å². The van der Waals surface area contributed by atoms with Crippen molar-refractivity contribution in [2.24, 2.45) is 5.10 Å². The third-order valence-corrected chi connectivity index (χ3v) is 3.81. The fourth-order valence-electron chi connectivity index (χ4n) is 2.28. The number of ether oxygens (including phenoxy) is 1. The number of carbonyl (C=O) groups is 1. The summed E-state index contributed by atoms with van der Waals surface area (Å²) >= 11 is 0. The number of hydrazone groups is 1. The predicted molar refractivity (Wildman–Crippen MR) is 109 cm³/mol. The highest BCUT2D eigenvalue weighted by atomic mass is 16.6. The van der Waals surface area contributed by atoms with Crippen LogP contribution in [0, 0.1) is 10.1 Å². The van der Waals surface area contributed by atoms with Crippen LogP contribution in [0.1, 0.15) is 31.9 Å². The van der Waals surface area contributed by atoms with Crippen LogP contribution in [0.4, 0.5) is 5.69 Å². The number of allylic oxidation sites excluding steroid dienone is 1. The molecule has 2 aromatic carbocycles. The summed E-state index contributed by atoms with van der Waals surface area (Å²) in [6.07, 6.45) is 4.61. The molecule has 0 aromatic heterocycles. The van der Waals surface area contributed by atoms with Crippen LogP contribution in [0.3, 0.4) is 0 Å². The number of nitro benzene ring substituents is 1. The summed E-state index contributed by atoms with van der Waals surface area (Å²) in [6, 6.07) is 13.8. The van der Waals surface area contributed by atoms with Gasteiger partial charge in [0.15, 0.2) is 6.61 Å². The lowest BCUT2D eigenvalue weighted by Gasteiger charge is -2.19. The first-order valence-electron chi connectivity index (χ1n) is 8.72. The van der Waals surface area contributed by atoms with Gasteiger partial charge >= 0.3 is 0 Å². The Bertz CT molecular complexity index is 881. The van der Waals surface area contributed by atoms with Crippen molar-refractivity contribution in [2.45, 2.75) is 26.2 Å². The number of benzene rings is 2. The van der Waals surface area contributed by atoms with Gasteiger partial charge in [-0.2, -0.15) is 5.10 Å². The van der Waals surface area contributed by atoms with E-state index < -0.39 is 4.92 Å².